The summed E-state index contributed by atoms with van der Waals surface area (Å²) in [5.74, 6) is 1.58. The molecule has 124 valence electrons. The van der Waals surface area contributed by atoms with Crippen molar-refractivity contribution in [2.75, 3.05) is 26.9 Å². The highest BCUT2D eigenvalue weighted by Gasteiger charge is 2.32. The zero-order valence-corrected chi connectivity index (χ0v) is 14.1. The molecular formula is C18H35NO2. The molecule has 1 N–H and O–H groups in total. The Balaban J connectivity index is 1.93. The zero-order chi connectivity index (χ0) is 14.9. The maximum absolute atomic E-state index is 6.00. The molecule has 1 aliphatic heterocycles. The summed E-state index contributed by atoms with van der Waals surface area (Å²) in [5, 5.41) is 3.80. The fraction of sp³-hybridized carbons (Fsp3) is 1.00. The van der Waals surface area contributed by atoms with Crippen molar-refractivity contribution in [3.63, 3.8) is 0 Å². The van der Waals surface area contributed by atoms with Crippen LogP contribution in [0.4, 0.5) is 0 Å². The monoisotopic (exact) mass is 297 g/mol. The number of ether oxygens (including phenoxy) is 2. The summed E-state index contributed by atoms with van der Waals surface area (Å²) in [7, 11) is 1.92. The average molecular weight is 297 g/mol. The molecule has 0 spiro atoms. The summed E-state index contributed by atoms with van der Waals surface area (Å²) in [6.45, 7) is 5.26. The normalized spacial score (nSPS) is 24.9. The highest BCUT2D eigenvalue weighted by atomic mass is 16.5. The van der Waals surface area contributed by atoms with Gasteiger partial charge in [0.05, 0.1) is 6.10 Å². The van der Waals surface area contributed by atoms with Gasteiger partial charge in [-0.25, -0.2) is 0 Å². The van der Waals surface area contributed by atoms with Crippen molar-refractivity contribution in [2.45, 2.75) is 76.9 Å². The number of hydrogen-bond acceptors (Lipinski definition) is 3. The summed E-state index contributed by atoms with van der Waals surface area (Å²) in [6.07, 6.45) is 12.2. The topological polar surface area (TPSA) is 30.5 Å². The SMILES string of the molecule is CCCNC(CC1CCOCC1)C(OC)C1CCCCC1. The van der Waals surface area contributed by atoms with Crippen LogP contribution >= 0.6 is 0 Å². The Labute approximate surface area is 131 Å². The fourth-order valence-corrected chi connectivity index (χ4v) is 4.15. The second kappa shape index (κ2) is 9.81. The molecule has 0 aromatic carbocycles. The van der Waals surface area contributed by atoms with Crippen LogP contribution in [0.1, 0.15) is 64.7 Å². The molecule has 0 radical (unpaired) electrons. The molecule has 1 aliphatic carbocycles. The highest BCUT2D eigenvalue weighted by Crippen LogP contribution is 2.32. The van der Waals surface area contributed by atoms with E-state index in [4.69, 9.17) is 9.47 Å². The molecule has 0 bridgehead atoms. The number of rotatable bonds is 8. The molecule has 2 fully saturated rings. The third-order valence-corrected chi connectivity index (χ3v) is 5.37. The summed E-state index contributed by atoms with van der Waals surface area (Å²) < 4.78 is 11.5. The predicted octanol–water partition coefficient (Wildman–Crippen LogP) is 3.77. The molecule has 2 unspecified atom stereocenters. The summed E-state index contributed by atoms with van der Waals surface area (Å²) in [4.78, 5) is 0. The molecule has 3 heteroatoms. The van der Waals surface area contributed by atoms with Crippen LogP contribution in [0.5, 0.6) is 0 Å². The third-order valence-electron chi connectivity index (χ3n) is 5.37. The van der Waals surface area contributed by atoms with Crippen molar-refractivity contribution >= 4 is 0 Å². The first-order chi connectivity index (χ1) is 10.3. The average Bonchev–Trinajstić information content (AvgIpc) is 2.55. The van der Waals surface area contributed by atoms with E-state index >= 15 is 0 Å². The van der Waals surface area contributed by atoms with Crippen LogP contribution in [-0.4, -0.2) is 39.0 Å². The molecule has 1 saturated heterocycles. The lowest BCUT2D eigenvalue weighted by Crippen LogP contribution is -2.47. The predicted molar refractivity (Wildman–Crippen MR) is 87.6 cm³/mol. The molecule has 1 heterocycles. The zero-order valence-electron chi connectivity index (χ0n) is 14.1. The van der Waals surface area contributed by atoms with E-state index in [1.165, 1.54) is 57.8 Å². The minimum atomic E-state index is 0.402. The van der Waals surface area contributed by atoms with Crippen LogP contribution in [0.2, 0.25) is 0 Å². The molecule has 2 rings (SSSR count). The Hall–Kier alpha value is -0.120. The van der Waals surface area contributed by atoms with E-state index in [-0.39, 0.29) is 0 Å². The van der Waals surface area contributed by atoms with Crippen LogP contribution in [-0.2, 0) is 9.47 Å². The Bertz CT molecular complexity index is 260. The smallest absolute Gasteiger partial charge is 0.0752 e. The van der Waals surface area contributed by atoms with Gasteiger partial charge in [0.1, 0.15) is 0 Å². The minimum Gasteiger partial charge on any atom is -0.381 e. The third kappa shape index (κ3) is 5.54. The molecule has 21 heavy (non-hydrogen) atoms. The first kappa shape index (κ1) is 17.2. The van der Waals surface area contributed by atoms with E-state index in [1.54, 1.807) is 0 Å². The van der Waals surface area contributed by atoms with Crippen molar-refractivity contribution in [1.29, 1.82) is 0 Å². The quantitative estimate of drug-likeness (QED) is 0.740. The Morgan fingerprint density at radius 3 is 2.43 bits per heavy atom. The molecule has 2 atom stereocenters. The highest BCUT2D eigenvalue weighted by molar-refractivity contribution is 4.87. The molecule has 0 amide bonds. The largest absolute Gasteiger partial charge is 0.381 e. The van der Waals surface area contributed by atoms with Gasteiger partial charge >= 0.3 is 0 Å². The van der Waals surface area contributed by atoms with Gasteiger partial charge in [0, 0.05) is 26.4 Å². The van der Waals surface area contributed by atoms with Gasteiger partial charge in [-0.05, 0) is 56.9 Å². The lowest BCUT2D eigenvalue weighted by Gasteiger charge is -2.37. The van der Waals surface area contributed by atoms with E-state index in [9.17, 15) is 0 Å². The van der Waals surface area contributed by atoms with E-state index < -0.39 is 0 Å². The second-order valence-corrected chi connectivity index (χ2v) is 6.95. The summed E-state index contributed by atoms with van der Waals surface area (Å²) in [5.41, 5.74) is 0. The van der Waals surface area contributed by atoms with Gasteiger partial charge in [-0.2, -0.15) is 0 Å². The van der Waals surface area contributed by atoms with Crippen molar-refractivity contribution in [3.05, 3.63) is 0 Å². The van der Waals surface area contributed by atoms with Gasteiger partial charge in [-0.15, -0.1) is 0 Å². The molecule has 1 saturated carbocycles. The van der Waals surface area contributed by atoms with Crippen molar-refractivity contribution in [3.8, 4) is 0 Å². The van der Waals surface area contributed by atoms with Gasteiger partial charge in [-0.3, -0.25) is 0 Å². The lowest BCUT2D eigenvalue weighted by atomic mass is 9.79. The first-order valence-corrected chi connectivity index (χ1v) is 9.19. The van der Waals surface area contributed by atoms with Gasteiger partial charge < -0.3 is 14.8 Å². The standard InChI is InChI=1S/C18H35NO2/c1-3-11-19-17(14-15-9-12-21-13-10-15)18(20-2)16-7-5-4-6-8-16/h15-19H,3-14H2,1-2H3. The maximum Gasteiger partial charge on any atom is 0.0752 e. The van der Waals surface area contributed by atoms with Crippen molar-refractivity contribution < 1.29 is 9.47 Å². The Kier molecular flexibility index (Phi) is 8.05. The van der Waals surface area contributed by atoms with Crippen LogP contribution in [0.3, 0.4) is 0 Å². The molecule has 3 nitrogen and oxygen atoms in total. The van der Waals surface area contributed by atoms with Crippen molar-refractivity contribution in [2.24, 2.45) is 11.8 Å². The molecule has 0 aromatic rings. The molecule has 2 aliphatic rings. The first-order valence-electron chi connectivity index (χ1n) is 9.19. The summed E-state index contributed by atoms with van der Waals surface area (Å²) >= 11 is 0. The van der Waals surface area contributed by atoms with Crippen LogP contribution in [0.15, 0.2) is 0 Å². The Morgan fingerprint density at radius 1 is 1.10 bits per heavy atom. The van der Waals surface area contributed by atoms with E-state index in [0.29, 0.717) is 12.1 Å². The second-order valence-electron chi connectivity index (χ2n) is 6.95. The van der Waals surface area contributed by atoms with Gasteiger partial charge in [0.15, 0.2) is 0 Å². The number of hydrogen-bond donors (Lipinski definition) is 1. The maximum atomic E-state index is 6.00. The molecular weight excluding hydrogens is 262 g/mol. The van der Waals surface area contributed by atoms with Gasteiger partial charge in [-0.1, -0.05) is 26.2 Å². The van der Waals surface area contributed by atoms with Gasteiger partial charge in [0.25, 0.3) is 0 Å². The van der Waals surface area contributed by atoms with E-state index in [2.05, 4.69) is 12.2 Å². The lowest BCUT2D eigenvalue weighted by molar-refractivity contribution is -0.00664. The van der Waals surface area contributed by atoms with E-state index in [1.807, 2.05) is 7.11 Å². The van der Waals surface area contributed by atoms with Crippen molar-refractivity contribution in [1.82, 2.24) is 5.32 Å². The fourth-order valence-electron chi connectivity index (χ4n) is 4.15. The van der Waals surface area contributed by atoms with Crippen LogP contribution in [0.25, 0.3) is 0 Å². The Morgan fingerprint density at radius 2 is 1.81 bits per heavy atom. The van der Waals surface area contributed by atoms with Gasteiger partial charge in [0.2, 0.25) is 0 Å². The molecule has 0 aromatic heterocycles. The number of methoxy groups -OCH3 is 1. The summed E-state index contributed by atoms with van der Waals surface area (Å²) in [6, 6.07) is 0.529. The number of nitrogens with one attached hydrogen (secondary N) is 1. The van der Waals surface area contributed by atoms with E-state index in [0.717, 1.165) is 31.6 Å². The van der Waals surface area contributed by atoms with Crippen LogP contribution < -0.4 is 5.32 Å². The minimum absolute atomic E-state index is 0.402. The van der Waals surface area contributed by atoms with Crippen LogP contribution in [0, 0.1) is 11.8 Å².